The van der Waals surface area contributed by atoms with Gasteiger partial charge in [0.15, 0.2) is 11.4 Å². The highest BCUT2D eigenvalue weighted by atomic mass is 16.6. The Bertz CT molecular complexity index is 607. The average molecular weight is 314 g/mol. The predicted molar refractivity (Wildman–Crippen MR) is 90.0 cm³/mol. The number of epoxide rings is 1. The van der Waals surface area contributed by atoms with Crippen molar-refractivity contribution < 1.29 is 9.53 Å². The second-order valence-electron chi connectivity index (χ2n) is 9.57. The van der Waals surface area contributed by atoms with E-state index in [1.54, 1.807) is 12.5 Å². The van der Waals surface area contributed by atoms with Crippen molar-refractivity contribution in [1.29, 1.82) is 0 Å². The van der Waals surface area contributed by atoms with Gasteiger partial charge < -0.3 is 4.74 Å². The van der Waals surface area contributed by atoms with Crippen LogP contribution in [0.5, 0.6) is 0 Å². The molecule has 5 rings (SSSR count). The van der Waals surface area contributed by atoms with Crippen molar-refractivity contribution in [2.24, 2.45) is 28.6 Å². The number of carbonyl (C=O) groups is 1. The molecule has 1 aliphatic heterocycles. The molecule has 0 N–H and O–H groups in total. The average Bonchev–Trinajstić information content (AvgIpc) is 3.20. The molecule has 0 amide bonds. The smallest absolute Gasteiger partial charge is 0.164 e. The Morgan fingerprint density at radius 2 is 2.04 bits per heavy atom. The van der Waals surface area contributed by atoms with Crippen molar-refractivity contribution in [3.63, 3.8) is 0 Å². The molecule has 23 heavy (non-hydrogen) atoms. The number of carbonyl (C=O) groups excluding carboxylic acids is 1. The van der Waals surface area contributed by atoms with Crippen LogP contribution in [0.25, 0.3) is 0 Å². The molecule has 0 bridgehead atoms. The van der Waals surface area contributed by atoms with E-state index in [4.69, 9.17) is 4.74 Å². The van der Waals surface area contributed by atoms with Gasteiger partial charge in [0.2, 0.25) is 0 Å². The lowest BCUT2D eigenvalue weighted by Gasteiger charge is -2.56. The normalized spacial score (nSPS) is 56.7. The molecule has 0 aromatic carbocycles. The Labute approximate surface area is 140 Å². The van der Waals surface area contributed by atoms with E-state index in [1.807, 2.05) is 0 Å². The molecule has 0 radical (unpaired) electrons. The van der Waals surface area contributed by atoms with Gasteiger partial charge in [-0.05, 0) is 68.6 Å². The van der Waals surface area contributed by atoms with Crippen molar-refractivity contribution in [3.8, 4) is 0 Å². The Kier molecular flexibility index (Phi) is 2.75. The van der Waals surface area contributed by atoms with E-state index < -0.39 is 5.60 Å². The second kappa shape index (κ2) is 4.31. The van der Waals surface area contributed by atoms with E-state index in [2.05, 4.69) is 19.9 Å². The van der Waals surface area contributed by atoms with E-state index in [0.717, 1.165) is 24.7 Å². The highest BCUT2D eigenvalue weighted by Crippen LogP contribution is 2.72. The minimum Gasteiger partial charge on any atom is -0.357 e. The first kappa shape index (κ1) is 14.7. The first-order valence-electron chi connectivity index (χ1n) is 9.83. The number of Topliss-reactive ketones (excluding diaryl/α,β-unsaturated/α-hetero) is 1. The lowest BCUT2D eigenvalue weighted by Crippen LogP contribution is -2.51. The summed E-state index contributed by atoms with van der Waals surface area (Å²) in [6.45, 7) is 6.67. The van der Waals surface area contributed by atoms with Crippen molar-refractivity contribution in [2.45, 2.75) is 83.8 Å². The molecule has 0 aromatic rings. The quantitative estimate of drug-likeness (QED) is 0.520. The van der Waals surface area contributed by atoms with Crippen molar-refractivity contribution in [1.82, 2.24) is 0 Å². The third kappa shape index (κ3) is 1.53. The van der Waals surface area contributed by atoms with E-state index in [9.17, 15) is 4.79 Å². The molecular weight excluding hydrogens is 284 g/mol. The molecule has 0 spiro atoms. The van der Waals surface area contributed by atoms with Crippen LogP contribution in [-0.4, -0.2) is 17.5 Å². The summed E-state index contributed by atoms with van der Waals surface area (Å²) in [6.07, 6.45) is 13.4. The van der Waals surface area contributed by atoms with Gasteiger partial charge in [0.05, 0.1) is 6.10 Å². The van der Waals surface area contributed by atoms with Crippen LogP contribution < -0.4 is 0 Å². The fourth-order valence-corrected chi connectivity index (χ4v) is 7.63. The van der Waals surface area contributed by atoms with Gasteiger partial charge in [-0.2, -0.15) is 0 Å². The molecule has 7 atom stereocenters. The third-order valence-corrected chi connectivity index (χ3v) is 8.90. The number of ketones is 1. The molecule has 4 aliphatic carbocycles. The molecule has 126 valence electrons. The van der Waals surface area contributed by atoms with Crippen LogP contribution in [0.2, 0.25) is 0 Å². The molecule has 5 aliphatic rings. The first-order valence-corrected chi connectivity index (χ1v) is 9.83. The number of hydrogen-bond donors (Lipinski definition) is 0. The molecule has 1 heterocycles. The third-order valence-electron chi connectivity index (χ3n) is 8.90. The number of fused-ring (bicyclic) bond motifs is 7. The fraction of sp³-hybridized carbons (Fsp3) is 0.857. The molecule has 1 saturated heterocycles. The summed E-state index contributed by atoms with van der Waals surface area (Å²) in [6, 6.07) is 0. The van der Waals surface area contributed by atoms with Crippen molar-refractivity contribution >= 4 is 5.78 Å². The van der Waals surface area contributed by atoms with Gasteiger partial charge >= 0.3 is 0 Å². The second-order valence-corrected chi connectivity index (χ2v) is 9.57. The largest absolute Gasteiger partial charge is 0.357 e. The van der Waals surface area contributed by atoms with Crippen LogP contribution in [0.3, 0.4) is 0 Å². The maximum absolute atomic E-state index is 12.4. The van der Waals surface area contributed by atoms with Crippen LogP contribution >= 0.6 is 0 Å². The summed E-state index contributed by atoms with van der Waals surface area (Å²) in [5, 5.41) is 0. The SMILES string of the molecule is CC(=O)C12OC1CC1C3CCC4CCCCC4(C)C3=CCC12C. The van der Waals surface area contributed by atoms with E-state index in [0.29, 0.717) is 11.3 Å². The topological polar surface area (TPSA) is 29.6 Å². The van der Waals surface area contributed by atoms with Gasteiger partial charge in [0.1, 0.15) is 0 Å². The standard InChI is InChI=1S/C21H30O2/c1-13(22)21-18(23-21)12-17-15-8-7-14-6-4-5-10-19(14,2)16(15)9-11-20(17,21)3/h9,14-15,17-18H,4-8,10-12H2,1-3H3. The molecule has 0 aromatic heterocycles. The van der Waals surface area contributed by atoms with Gasteiger partial charge in [0, 0.05) is 5.41 Å². The van der Waals surface area contributed by atoms with Gasteiger partial charge in [-0.15, -0.1) is 0 Å². The van der Waals surface area contributed by atoms with Crippen molar-refractivity contribution in [2.75, 3.05) is 0 Å². The Balaban J connectivity index is 1.56. The van der Waals surface area contributed by atoms with E-state index in [1.165, 1.54) is 38.5 Å². The maximum Gasteiger partial charge on any atom is 0.164 e. The zero-order valence-corrected chi connectivity index (χ0v) is 14.9. The number of ether oxygens (including phenoxy) is 1. The van der Waals surface area contributed by atoms with Gasteiger partial charge in [-0.25, -0.2) is 0 Å². The molecule has 2 heteroatoms. The first-order chi connectivity index (χ1) is 10.9. The summed E-state index contributed by atoms with van der Waals surface area (Å²) in [7, 11) is 0. The van der Waals surface area contributed by atoms with Crippen LogP contribution in [0, 0.1) is 28.6 Å². The maximum atomic E-state index is 12.4. The number of hydrogen-bond acceptors (Lipinski definition) is 2. The minimum atomic E-state index is -0.427. The predicted octanol–water partition coefficient (Wildman–Crippen LogP) is 4.68. The molecule has 7 unspecified atom stereocenters. The summed E-state index contributed by atoms with van der Waals surface area (Å²) in [5.41, 5.74) is 1.87. The number of allylic oxidation sites excluding steroid dienone is 2. The summed E-state index contributed by atoms with van der Waals surface area (Å²) in [5.74, 6) is 2.59. The van der Waals surface area contributed by atoms with E-state index >= 15 is 0 Å². The van der Waals surface area contributed by atoms with E-state index in [-0.39, 0.29) is 17.3 Å². The molecular formula is C21H30O2. The Morgan fingerprint density at radius 1 is 1.22 bits per heavy atom. The van der Waals surface area contributed by atoms with Crippen LogP contribution in [0.4, 0.5) is 0 Å². The lowest BCUT2D eigenvalue weighted by molar-refractivity contribution is -0.129. The number of rotatable bonds is 1. The van der Waals surface area contributed by atoms with Gasteiger partial charge in [-0.1, -0.05) is 38.3 Å². The van der Waals surface area contributed by atoms with Gasteiger partial charge in [-0.3, -0.25) is 4.79 Å². The summed E-state index contributed by atoms with van der Waals surface area (Å²) < 4.78 is 6.01. The van der Waals surface area contributed by atoms with Crippen LogP contribution in [0.15, 0.2) is 11.6 Å². The zero-order valence-electron chi connectivity index (χ0n) is 14.9. The van der Waals surface area contributed by atoms with Crippen LogP contribution in [0.1, 0.15) is 72.1 Å². The molecule has 2 nitrogen and oxygen atoms in total. The van der Waals surface area contributed by atoms with Gasteiger partial charge in [0.25, 0.3) is 0 Å². The Hall–Kier alpha value is -0.630. The summed E-state index contributed by atoms with van der Waals surface area (Å²) >= 11 is 0. The minimum absolute atomic E-state index is 0.0511. The van der Waals surface area contributed by atoms with Crippen molar-refractivity contribution in [3.05, 3.63) is 11.6 Å². The lowest BCUT2D eigenvalue weighted by atomic mass is 9.48. The highest BCUT2D eigenvalue weighted by Gasteiger charge is 2.78. The Morgan fingerprint density at radius 3 is 2.83 bits per heavy atom. The molecule has 3 saturated carbocycles. The highest BCUT2D eigenvalue weighted by molar-refractivity contribution is 5.90. The van der Waals surface area contributed by atoms with Crippen LogP contribution in [-0.2, 0) is 9.53 Å². The summed E-state index contributed by atoms with van der Waals surface area (Å²) in [4.78, 5) is 12.4. The monoisotopic (exact) mass is 314 g/mol. The zero-order chi connectivity index (χ0) is 16.0. The molecule has 4 fully saturated rings. The fourth-order valence-electron chi connectivity index (χ4n) is 7.63.